The van der Waals surface area contributed by atoms with E-state index in [1.54, 1.807) is 44.7 Å². The minimum atomic E-state index is -0.555. The maximum Gasteiger partial charge on any atom is 0.253 e. The number of amides is 1. The highest BCUT2D eigenvalue weighted by molar-refractivity contribution is 5.94. The van der Waals surface area contributed by atoms with Gasteiger partial charge in [0.15, 0.2) is 0 Å². The standard InChI is InChI=1S/C20H24FN3O/c1-5-16(2)14-19(23-15-22-3)11-8-17-6-9-18(10-7-17)20(25)24(4)13-12-21/h5-7,9-10,14-15H,12-13H2,1-4H3,(H,22,23)/b16-5+,19-14-. The molecule has 0 atom stereocenters. The summed E-state index contributed by atoms with van der Waals surface area (Å²) in [6.45, 7) is 3.48. The van der Waals surface area contributed by atoms with Crippen molar-refractivity contribution in [2.24, 2.45) is 4.99 Å². The predicted octanol–water partition coefficient (Wildman–Crippen LogP) is 3.18. The van der Waals surface area contributed by atoms with Crippen molar-refractivity contribution >= 4 is 12.2 Å². The molecule has 0 aliphatic rings. The number of aliphatic imine (C=N–C) groups is 1. The number of nitrogens with zero attached hydrogens (tertiary/aromatic N) is 2. The van der Waals surface area contributed by atoms with Crippen LogP contribution in [0.5, 0.6) is 0 Å². The molecule has 0 unspecified atom stereocenters. The number of hydrogen-bond acceptors (Lipinski definition) is 2. The highest BCUT2D eigenvalue weighted by atomic mass is 19.1. The predicted molar refractivity (Wildman–Crippen MR) is 101 cm³/mol. The van der Waals surface area contributed by atoms with Gasteiger partial charge < -0.3 is 10.2 Å². The molecular weight excluding hydrogens is 317 g/mol. The molecule has 1 amide bonds. The third kappa shape index (κ3) is 7.05. The summed E-state index contributed by atoms with van der Waals surface area (Å²) >= 11 is 0. The first-order valence-corrected chi connectivity index (χ1v) is 7.97. The van der Waals surface area contributed by atoms with Crippen molar-refractivity contribution in [3.63, 3.8) is 0 Å². The van der Waals surface area contributed by atoms with Gasteiger partial charge in [-0.15, -0.1) is 0 Å². The number of hydrogen-bond donors (Lipinski definition) is 1. The Morgan fingerprint density at radius 1 is 1.36 bits per heavy atom. The minimum Gasteiger partial charge on any atom is -0.340 e. The third-order valence-electron chi connectivity index (χ3n) is 3.42. The van der Waals surface area contributed by atoms with Crippen LogP contribution in [0.25, 0.3) is 0 Å². The molecule has 0 heterocycles. The summed E-state index contributed by atoms with van der Waals surface area (Å²) in [5, 5.41) is 3.02. The molecule has 0 aliphatic heterocycles. The Kier molecular flexibility index (Phi) is 8.73. The second-order valence-corrected chi connectivity index (χ2v) is 5.37. The van der Waals surface area contributed by atoms with E-state index >= 15 is 0 Å². The van der Waals surface area contributed by atoms with Crippen LogP contribution in [0.15, 0.2) is 52.7 Å². The molecule has 4 nitrogen and oxygen atoms in total. The van der Waals surface area contributed by atoms with Crippen LogP contribution in [0.2, 0.25) is 0 Å². The van der Waals surface area contributed by atoms with Crippen molar-refractivity contribution in [3.05, 3.63) is 58.8 Å². The van der Waals surface area contributed by atoms with Crippen LogP contribution >= 0.6 is 0 Å². The smallest absolute Gasteiger partial charge is 0.253 e. The molecule has 25 heavy (non-hydrogen) atoms. The lowest BCUT2D eigenvalue weighted by molar-refractivity contribution is 0.0786. The summed E-state index contributed by atoms with van der Waals surface area (Å²) in [4.78, 5) is 17.3. The summed E-state index contributed by atoms with van der Waals surface area (Å²) in [7, 11) is 3.26. The molecule has 0 saturated heterocycles. The molecule has 0 bridgehead atoms. The fraction of sp³-hybridized carbons (Fsp3) is 0.300. The fourth-order valence-corrected chi connectivity index (χ4v) is 1.84. The molecule has 5 heteroatoms. The average molecular weight is 341 g/mol. The van der Waals surface area contributed by atoms with Crippen LogP contribution in [0, 0.1) is 11.8 Å². The number of benzene rings is 1. The normalized spacial score (nSPS) is 11.9. The zero-order valence-electron chi connectivity index (χ0n) is 15.1. The first-order chi connectivity index (χ1) is 12.0. The van der Waals surface area contributed by atoms with Gasteiger partial charge in [-0.1, -0.05) is 17.6 Å². The van der Waals surface area contributed by atoms with Crippen LogP contribution in [-0.2, 0) is 0 Å². The maximum absolute atomic E-state index is 12.3. The van der Waals surface area contributed by atoms with E-state index in [0.29, 0.717) is 5.56 Å². The van der Waals surface area contributed by atoms with E-state index in [-0.39, 0.29) is 12.5 Å². The Morgan fingerprint density at radius 2 is 2.04 bits per heavy atom. The lowest BCUT2D eigenvalue weighted by Crippen LogP contribution is -2.28. The van der Waals surface area contributed by atoms with Gasteiger partial charge in [0.05, 0.1) is 12.0 Å². The highest BCUT2D eigenvalue weighted by Crippen LogP contribution is 2.07. The lowest BCUT2D eigenvalue weighted by atomic mass is 10.1. The number of carbonyl (C=O) groups excluding carboxylic acids is 1. The van der Waals surface area contributed by atoms with Crippen LogP contribution in [0.1, 0.15) is 29.8 Å². The third-order valence-corrected chi connectivity index (χ3v) is 3.42. The summed E-state index contributed by atoms with van der Waals surface area (Å²) in [5.74, 6) is 5.89. The van der Waals surface area contributed by atoms with Crippen LogP contribution in [0.3, 0.4) is 0 Å². The van der Waals surface area contributed by atoms with Crippen molar-refractivity contribution in [2.75, 3.05) is 27.3 Å². The van der Waals surface area contributed by atoms with Gasteiger partial charge >= 0.3 is 0 Å². The minimum absolute atomic E-state index is 0.0868. The van der Waals surface area contributed by atoms with Gasteiger partial charge in [0.2, 0.25) is 0 Å². The van der Waals surface area contributed by atoms with Crippen molar-refractivity contribution in [1.29, 1.82) is 0 Å². The second kappa shape index (κ2) is 10.8. The lowest BCUT2D eigenvalue weighted by Gasteiger charge is -2.14. The van der Waals surface area contributed by atoms with Crippen LogP contribution in [-0.4, -0.2) is 44.5 Å². The van der Waals surface area contributed by atoms with Gasteiger partial charge in [-0.25, -0.2) is 4.39 Å². The van der Waals surface area contributed by atoms with E-state index in [2.05, 4.69) is 22.2 Å². The van der Waals surface area contributed by atoms with Crippen molar-refractivity contribution in [2.45, 2.75) is 13.8 Å². The fourth-order valence-electron chi connectivity index (χ4n) is 1.84. The summed E-state index contributed by atoms with van der Waals surface area (Å²) in [6.07, 6.45) is 5.49. The van der Waals surface area contributed by atoms with Gasteiger partial charge in [0, 0.05) is 31.8 Å². The second-order valence-electron chi connectivity index (χ2n) is 5.37. The quantitative estimate of drug-likeness (QED) is 0.374. The molecule has 1 N–H and O–H groups in total. The van der Waals surface area contributed by atoms with Crippen LogP contribution in [0.4, 0.5) is 4.39 Å². The van der Waals surface area contributed by atoms with E-state index < -0.39 is 6.67 Å². The van der Waals surface area contributed by atoms with Gasteiger partial charge in [0.1, 0.15) is 6.67 Å². The summed E-state index contributed by atoms with van der Waals surface area (Å²) in [5.41, 5.74) is 3.10. The molecule has 0 spiro atoms. The van der Waals surface area contributed by atoms with E-state index in [4.69, 9.17) is 0 Å². The van der Waals surface area contributed by atoms with Gasteiger partial charge in [-0.2, -0.15) is 0 Å². The van der Waals surface area contributed by atoms with Gasteiger partial charge in [-0.3, -0.25) is 9.79 Å². The number of alkyl halides is 1. The molecular formula is C20H24FN3O. The first kappa shape index (κ1) is 20.2. The zero-order valence-corrected chi connectivity index (χ0v) is 15.1. The van der Waals surface area contributed by atoms with E-state index in [1.807, 2.05) is 26.0 Å². The average Bonchev–Trinajstić information content (AvgIpc) is 2.63. The van der Waals surface area contributed by atoms with Crippen molar-refractivity contribution < 1.29 is 9.18 Å². The highest BCUT2D eigenvalue weighted by Gasteiger charge is 2.10. The first-order valence-electron chi connectivity index (χ1n) is 7.97. The molecule has 0 aliphatic carbocycles. The Hall–Kier alpha value is -2.87. The number of nitrogens with one attached hydrogen (secondary N) is 1. The topological polar surface area (TPSA) is 44.7 Å². The SMILES string of the molecule is C/C=C(C)/C=C(/C#Cc1ccc(C(=O)N(C)CCF)cc1)NC=NC. The van der Waals surface area contributed by atoms with Crippen LogP contribution < -0.4 is 5.32 Å². The van der Waals surface area contributed by atoms with Crippen molar-refractivity contribution in [3.8, 4) is 11.8 Å². The molecule has 0 saturated carbocycles. The Morgan fingerprint density at radius 3 is 2.60 bits per heavy atom. The number of halogens is 1. The molecule has 132 valence electrons. The van der Waals surface area contributed by atoms with Crippen molar-refractivity contribution in [1.82, 2.24) is 10.2 Å². The largest absolute Gasteiger partial charge is 0.340 e. The van der Waals surface area contributed by atoms with Gasteiger partial charge in [-0.05, 0) is 50.1 Å². The zero-order chi connectivity index (χ0) is 18.7. The van der Waals surface area contributed by atoms with E-state index in [0.717, 1.165) is 16.8 Å². The number of allylic oxidation sites excluding steroid dienone is 4. The number of rotatable bonds is 6. The maximum atomic E-state index is 12.3. The summed E-state index contributed by atoms with van der Waals surface area (Å²) in [6, 6.07) is 6.94. The molecule has 0 fully saturated rings. The monoisotopic (exact) mass is 341 g/mol. The number of carbonyl (C=O) groups is 1. The molecule has 0 aromatic heterocycles. The molecule has 1 aromatic carbocycles. The van der Waals surface area contributed by atoms with Gasteiger partial charge in [0.25, 0.3) is 5.91 Å². The Labute approximate surface area is 149 Å². The molecule has 0 radical (unpaired) electrons. The Bertz CT molecular complexity index is 722. The van der Waals surface area contributed by atoms with E-state index in [1.165, 1.54) is 4.90 Å². The molecule has 1 rings (SSSR count). The molecule has 1 aromatic rings. The Balaban J connectivity index is 2.94. The van der Waals surface area contributed by atoms with E-state index in [9.17, 15) is 9.18 Å². The summed E-state index contributed by atoms with van der Waals surface area (Å²) < 4.78 is 12.3.